The molecule has 6 heteroatoms. The molecule has 0 aliphatic heterocycles. The highest BCUT2D eigenvalue weighted by Gasteiger charge is 2.21. The summed E-state index contributed by atoms with van der Waals surface area (Å²) in [6.45, 7) is 2.63. The van der Waals surface area contributed by atoms with E-state index in [2.05, 4.69) is 15.6 Å². The van der Waals surface area contributed by atoms with Gasteiger partial charge in [0.15, 0.2) is 0 Å². The lowest BCUT2D eigenvalue weighted by Crippen LogP contribution is -2.31. The summed E-state index contributed by atoms with van der Waals surface area (Å²) in [5, 5.41) is 29.0. The van der Waals surface area contributed by atoms with Crippen molar-refractivity contribution in [1.29, 1.82) is 0 Å². The van der Waals surface area contributed by atoms with E-state index in [4.69, 9.17) is 11.6 Å². The molecule has 30 heavy (non-hydrogen) atoms. The van der Waals surface area contributed by atoms with Gasteiger partial charge in [-0.05, 0) is 73.6 Å². The summed E-state index contributed by atoms with van der Waals surface area (Å²) in [6, 6.07) is 9.75. The predicted molar refractivity (Wildman–Crippen MR) is 123 cm³/mol. The molecule has 1 atom stereocenters. The van der Waals surface area contributed by atoms with Crippen molar-refractivity contribution in [3.63, 3.8) is 0 Å². The zero-order valence-electron chi connectivity index (χ0n) is 17.2. The molecule has 1 aliphatic carbocycles. The second-order valence-electron chi connectivity index (χ2n) is 7.91. The molecule has 0 spiro atoms. The second-order valence-corrected chi connectivity index (χ2v) is 8.35. The fourth-order valence-corrected chi connectivity index (χ4v) is 4.37. The maximum absolute atomic E-state index is 10.9. The highest BCUT2D eigenvalue weighted by atomic mass is 35.5. The molecule has 0 bridgehead atoms. The maximum atomic E-state index is 10.9. The number of pyridine rings is 1. The van der Waals surface area contributed by atoms with Crippen LogP contribution in [0.3, 0.4) is 0 Å². The van der Waals surface area contributed by atoms with Crippen LogP contribution in [0.1, 0.15) is 42.9 Å². The number of rotatable bonds is 7. The Morgan fingerprint density at radius 2 is 1.90 bits per heavy atom. The van der Waals surface area contributed by atoms with Crippen LogP contribution in [0.4, 0.5) is 11.4 Å². The van der Waals surface area contributed by atoms with Crippen molar-refractivity contribution < 1.29 is 10.2 Å². The molecule has 5 nitrogen and oxygen atoms in total. The van der Waals surface area contributed by atoms with Crippen molar-refractivity contribution in [2.45, 2.75) is 51.6 Å². The number of aromatic nitrogens is 1. The van der Waals surface area contributed by atoms with Gasteiger partial charge in [0.05, 0.1) is 12.1 Å². The van der Waals surface area contributed by atoms with Gasteiger partial charge in [-0.2, -0.15) is 0 Å². The van der Waals surface area contributed by atoms with E-state index in [-0.39, 0.29) is 12.6 Å². The molecule has 0 saturated carbocycles. The van der Waals surface area contributed by atoms with Crippen molar-refractivity contribution in [2.75, 3.05) is 11.9 Å². The zero-order chi connectivity index (χ0) is 21.1. The molecule has 1 unspecified atom stereocenters. The van der Waals surface area contributed by atoms with Crippen molar-refractivity contribution in [2.24, 2.45) is 0 Å². The van der Waals surface area contributed by atoms with Gasteiger partial charge >= 0.3 is 0 Å². The van der Waals surface area contributed by atoms with Crippen LogP contribution in [0, 0.1) is 0 Å². The Morgan fingerprint density at radius 1 is 1.10 bits per heavy atom. The minimum atomic E-state index is 0.0192. The van der Waals surface area contributed by atoms with Crippen LogP contribution >= 0.6 is 11.6 Å². The lowest BCUT2D eigenvalue weighted by atomic mass is 9.87. The number of nitrogens with one attached hydrogen (secondary N) is 2. The van der Waals surface area contributed by atoms with Crippen molar-refractivity contribution in [3.05, 3.63) is 58.2 Å². The molecular weight excluding hydrogens is 398 g/mol. The molecule has 0 saturated heterocycles. The van der Waals surface area contributed by atoms with Crippen molar-refractivity contribution in [1.82, 2.24) is 10.3 Å². The summed E-state index contributed by atoms with van der Waals surface area (Å²) in [7, 11) is 0. The fraction of sp³-hybridized carbons (Fsp3) is 0.375. The van der Waals surface area contributed by atoms with Crippen molar-refractivity contribution >= 4 is 33.9 Å². The van der Waals surface area contributed by atoms with E-state index >= 15 is 0 Å². The first-order chi connectivity index (χ1) is 14.6. The van der Waals surface area contributed by atoms with Gasteiger partial charge in [0.1, 0.15) is 5.75 Å². The molecule has 158 valence electrons. The molecule has 4 N–H and O–H groups in total. The van der Waals surface area contributed by atoms with E-state index in [1.807, 2.05) is 37.3 Å². The summed E-state index contributed by atoms with van der Waals surface area (Å²) in [5.74, 6) is 0.391. The topological polar surface area (TPSA) is 77.4 Å². The largest absolute Gasteiger partial charge is 0.507 e. The third-order valence-corrected chi connectivity index (χ3v) is 6.21. The van der Waals surface area contributed by atoms with Gasteiger partial charge < -0.3 is 20.8 Å². The third kappa shape index (κ3) is 4.24. The number of hydrogen-bond donors (Lipinski definition) is 4. The molecule has 0 amide bonds. The van der Waals surface area contributed by atoms with Crippen LogP contribution in [0.15, 0.2) is 36.5 Å². The summed E-state index contributed by atoms with van der Waals surface area (Å²) in [5.41, 5.74) is 5.92. The number of nitrogens with zero attached hydrogens (tertiary/aromatic N) is 1. The number of aliphatic hydroxyl groups is 1. The second kappa shape index (κ2) is 9.21. The van der Waals surface area contributed by atoms with E-state index in [0.29, 0.717) is 17.3 Å². The Labute approximate surface area is 182 Å². The SMILES string of the molecule is CCC(CO)NCc1cc(Nc2ccnc3cc(Cl)ccc23)c2c(c1O)CCCC2. The highest BCUT2D eigenvalue weighted by Crippen LogP contribution is 2.39. The minimum Gasteiger partial charge on any atom is -0.507 e. The number of anilines is 2. The quantitative estimate of drug-likeness (QED) is 0.397. The van der Waals surface area contributed by atoms with Crippen LogP contribution < -0.4 is 10.6 Å². The molecule has 1 aliphatic rings. The minimum absolute atomic E-state index is 0.0192. The number of fused-ring (bicyclic) bond motifs is 2. The standard InChI is InChI=1S/C24H28ClN3O2/c1-2-17(14-29)27-13-15-11-23(18-5-3-4-6-19(18)24(15)30)28-21-9-10-26-22-12-16(25)7-8-20(21)22/h7-12,17,27,29-30H,2-6,13-14H2,1H3,(H,26,28). The van der Waals surface area contributed by atoms with Crippen LogP contribution in [0.5, 0.6) is 5.75 Å². The van der Waals surface area contributed by atoms with Crippen LogP contribution in [-0.2, 0) is 19.4 Å². The van der Waals surface area contributed by atoms with Gasteiger partial charge in [0.2, 0.25) is 0 Å². The smallest absolute Gasteiger partial charge is 0.123 e. The summed E-state index contributed by atoms with van der Waals surface area (Å²) in [6.07, 6.45) is 6.65. The Kier molecular flexibility index (Phi) is 6.42. The summed E-state index contributed by atoms with van der Waals surface area (Å²) < 4.78 is 0. The molecule has 2 aromatic carbocycles. The normalized spacial score (nSPS) is 14.5. The number of hydrogen-bond acceptors (Lipinski definition) is 5. The van der Waals surface area contributed by atoms with E-state index in [1.54, 1.807) is 6.20 Å². The number of benzene rings is 2. The van der Waals surface area contributed by atoms with E-state index < -0.39 is 0 Å². The Hall–Kier alpha value is -2.34. The Bertz CT molecular complexity index is 1050. The van der Waals surface area contributed by atoms with Gasteiger partial charge in [0, 0.05) is 46.1 Å². The summed E-state index contributed by atoms with van der Waals surface area (Å²) in [4.78, 5) is 4.43. The van der Waals surface area contributed by atoms with E-state index in [0.717, 1.165) is 65.5 Å². The van der Waals surface area contributed by atoms with Gasteiger partial charge in [-0.1, -0.05) is 18.5 Å². The third-order valence-electron chi connectivity index (χ3n) is 5.97. The lowest BCUT2D eigenvalue weighted by Gasteiger charge is -2.25. The van der Waals surface area contributed by atoms with Crippen LogP contribution in [0.25, 0.3) is 10.9 Å². The number of aliphatic hydroxyl groups excluding tert-OH is 1. The lowest BCUT2D eigenvalue weighted by molar-refractivity contribution is 0.238. The molecule has 3 aromatic rings. The summed E-state index contributed by atoms with van der Waals surface area (Å²) >= 11 is 6.14. The maximum Gasteiger partial charge on any atom is 0.123 e. The monoisotopic (exact) mass is 425 g/mol. The average Bonchev–Trinajstić information content (AvgIpc) is 2.77. The molecular formula is C24H28ClN3O2. The first-order valence-corrected chi connectivity index (χ1v) is 11.0. The highest BCUT2D eigenvalue weighted by molar-refractivity contribution is 6.31. The Balaban J connectivity index is 1.73. The number of aromatic hydroxyl groups is 1. The van der Waals surface area contributed by atoms with Crippen molar-refractivity contribution in [3.8, 4) is 5.75 Å². The first-order valence-electron chi connectivity index (χ1n) is 10.6. The molecule has 1 aromatic heterocycles. The van der Waals surface area contributed by atoms with Crippen LogP contribution in [0.2, 0.25) is 5.02 Å². The first kappa shape index (κ1) is 20.9. The van der Waals surface area contributed by atoms with Gasteiger partial charge in [-0.3, -0.25) is 4.98 Å². The van der Waals surface area contributed by atoms with E-state index in [1.165, 1.54) is 5.56 Å². The predicted octanol–water partition coefficient (Wildman–Crippen LogP) is 5.08. The Morgan fingerprint density at radius 3 is 2.67 bits per heavy atom. The zero-order valence-corrected chi connectivity index (χ0v) is 18.0. The average molecular weight is 426 g/mol. The van der Waals surface area contributed by atoms with Gasteiger partial charge in [-0.15, -0.1) is 0 Å². The van der Waals surface area contributed by atoms with Gasteiger partial charge in [-0.25, -0.2) is 0 Å². The molecule has 0 radical (unpaired) electrons. The number of halogens is 1. The molecule has 0 fully saturated rings. The van der Waals surface area contributed by atoms with Crippen LogP contribution in [-0.4, -0.2) is 27.8 Å². The molecule has 4 rings (SSSR count). The molecule has 1 heterocycles. The fourth-order valence-electron chi connectivity index (χ4n) is 4.20. The van der Waals surface area contributed by atoms with Gasteiger partial charge in [0.25, 0.3) is 0 Å². The van der Waals surface area contributed by atoms with E-state index in [9.17, 15) is 10.2 Å². The number of phenolic OH excluding ortho intramolecular Hbond substituents is 1. The number of phenols is 1.